The number of imidazole rings is 1. The quantitative estimate of drug-likeness (QED) is 0.495. The summed E-state index contributed by atoms with van der Waals surface area (Å²) < 4.78 is 50.6. The number of alkyl halides is 3. The molecule has 11 heteroatoms. The second kappa shape index (κ2) is 7.56. The van der Waals surface area contributed by atoms with Crippen LogP contribution in [0.3, 0.4) is 0 Å². The lowest BCUT2D eigenvalue weighted by molar-refractivity contribution is -0.136. The van der Waals surface area contributed by atoms with E-state index in [4.69, 9.17) is 10.5 Å². The van der Waals surface area contributed by atoms with Gasteiger partial charge in [0.05, 0.1) is 30.0 Å². The molecule has 8 nitrogen and oxygen atoms in total. The number of aromatic nitrogens is 5. The lowest BCUT2D eigenvalue weighted by Gasteiger charge is -2.41. The molecule has 0 amide bonds. The smallest absolute Gasteiger partial charge is 0.379 e. The topological polar surface area (TPSA) is 92.4 Å². The maximum absolute atomic E-state index is 13.7. The van der Waals surface area contributed by atoms with Crippen LogP contribution in [0.2, 0.25) is 0 Å². The van der Waals surface area contributed by atoms with Crippen LogP contribution in [0.5, 0.6) is 0 Å². The first kappa shape index (κ1) is 21.4. The molecule has 3 aromatic heterocycles. The fourth-order valence-electron chi connectivity index (χ4n) is 4.24. The van der Waals surface area contributed by atoms with Crippen LogP contribution < -0.4 is 11.4 Å². The Labute approximate surface area is 186 Å². The Morgan fingerprint density at radius 2 is 2.00 bits per heavy atom. The van der Waals surface area contributed by atoms with Crippen molar-refractivity contribution in [1.29, 1.82) is 0 Å². The molecule has 0 aliphatic carbocycles. The fraction of sp³-hybridized carbons (Fsp3) is 0.318. The van der Waals surface area contributed by atoms with Gasteiger partial charge in [-0.15, -0.1) is 10.2 Å². The van der Waals surface area contributed by atoms with E-state index < -0.39 is 17.4 Å². The predicted molar refractivity (Wildman–Crippen MR) is 113 cm³/mol. The number of benzene rings is 1. The van der Waals surface area contributed by atoms with Gasteiger partial charge in [-0.1, -0.05) is 12.1 Å². The van der Waals surface area contributed by atoms with E-state index in [0.717, 1.165) is 21.9 Å². The third-order valence-electron chi connectivity index (χ3n) is 6.16. The zero-order valence-electron chi connectivity index (χ0n) is 17.7. The minimum absolute atomic E-state index is 0.114. The molecule has 4 heterocycles. The third kappa shape index (κ3) is 3.53. The second-order valence-corrected chi connectivity index (χ2v) is 8.36. The van der Waals surface area contributed by atoms with E-state index in [1.165, 1.54) is 17.0 Å². The zero-order chi connectivity index (χ0) is 23.4. The van der Waals surface area contributed by atoms with Gasteiger partial charge in [-0.3, -0.25) is 8.97 Å². The highest BCUT2D eigenvalue weighted by molar-refractivity contribution is 5.58. The lowest BCUT2D eigenvalue weighted by atomic mass is 9.75. The molecule has 33 heavy (non-hydrogen) atoms. The van der Waals surface area contributed by atoms with Crippen LogP contribution in [-0.2, 0) is 36.3 Å². The average Bonchev–Trinajstić information content (AvgIpc) is 3.32. The van der Waals surface area contributed by atoms with Crippen LogP contribution in [0.4, 0.5) is 13.2 Å². The van der Waals surface area contributed by atoms with E-state index in [1.807, 2.05) is 23.7 Å². The largest absolute Gasteiger partial charge is 0.418 e. The van der Waals surface area contributed by atoms with Crippen molar-refractivity contribution in [3.05, 3.63) is 82.1 Å². The Morgan fingerprint density at radius 3 is 2.61 bits per heavy atom. The Hall–Kier alpha value is -3.44. The van der Waals surface area contributed by atoms with Crippen LogP contribution in [0.15, 0.2) is 53.8 Å². The summed E-state index contributed by atoms with van der Waals surface area (Å²) in [5.74, 6) is 0.791. The molecule has 5 rings (SSSR count). The molecular weight excluding hydrogens is 437 g/mol. The molecule has 0 radical (unpaired) electrons. The molecule has 1 aromatic carbocycles. The van der Waals surface area contributed by atoms with E-state index in [1.54, 1.807) is 18.5 Å². The van der Waals surface area contributed by atoms with Crippen molar-refractivity contribution in [2.75, 3.05) is 13.2 Å². The number of halogens is 3. The minimum atomic E-state index is -4.62. The van der Waals surface area contributed by atoms with E-state index >= 15 is 0 Å². The number of nitrogens with two attached hydrogens (primary N) is 1. The monoisotopic (exact) mass is 458 g/mol. The van der Waals surface area contributed by atoms with Crippen LogP contribution in [0.25, 0.3) is 11.2 Å². The number of nitrogens with zero attached hydrogens (tertiary/aromatic N) is 5. The average molecular weight is 458 g/mol. The SMILES string of the molecule is Cn1cnnc1CC1(c2cccc(-n3cc4c(C(F)(F)F)cc(CN)cn4c3=O)c2)COC1. The van der Waals surface area contributed by atoms with Gasteiger partial charge in [-0.25, -0.2) is 4.79 Å². The Balaban J connectivity index is 1.62. The van der Waals surface area contributed by atoms with Crippen molar-refractivity contribution < 1.29 is 17.9 Å². The Bertz CT molecular complexity index is 1400. The maximum atomic E-state index is 13.7. The summed E-state index contributed by atoms with van der Waals surface area (Å²) in [6.07, 6.45) is 0.150. The molecular formula is C22H21F3N6O2. The zero-order valence-corrected chi connectivity index (χ0v) is 17.7. The van der Waals surface area contributed by atoms with E-state index in [0.29, 0.717) is 25.3 Å². The lowest BCUT2D eigenvalue weighted by Crippen LogP contribution is -2.49. The highest BCUT2D eigenvalue weighted by atomic mass is 19.4. The third-order valence-corrected chi connectivity index (χ3v) is 6.16. The van der Waals surface area contributed by atoms with Crippen LogP contribution >= 0.6 is 0 Å². The number of rotatable bonds is 5. The number of hydrogen-bond donors (Lipinski definition) is 1. The van der Waals surface area contributed by atoms with E-state index in [-0.39, 0.29) is 23.0 Å². The summed E-state index contributed by atoms with van der Waals surface area (Å²) in [4.78, 5) is 13.1. The summed E-state index contributed by atoms with van der Waals surface area (Å²) in [5.41, 5.74) is 5.08. The Kier molecular flexibility index (Phi) is 4.91. The van der Waals surface area contributed by atoms with Gasteiger partial charge in [0, 0.05) is 37.8 Å². The first-order chi connectivity index (χ1) is 15.7. The van der Waals surface area contributed by atoms with Gasteiger partial charge in [0.15, 0.2) is 0 Å². The molecule has 2 N–H and O–H groups in total. The first-order valence-corrected chi connectivity index (χ1v) is 10.3. The van der Waals surface area contributed by atoms with Crippen LogP contribution in [-0.4, -0.2) is 36.9 Å². The summed E-state index contributed by atoms with van der Waals surface area (Å²) in [6, 6.07) is 8.20. The van der Waals surface area contributed by atoms with Crippen molar-refractivity contribution in [1.82, 2.24) is 23.7 Å². The summed E-state index contributed by atoms with van der Waals surface area (Å²) >= 11 is 0. The van der Waals surface area contributed by atoms with Gasteiger partial charge in [0.1, 0.15) is 12.2 Å². The molecule has 172 valence electrons. The van der Waals surface area contributed by atoms with Crippen molar-refractivity contribution in [2.45, 2.75) is 24.6 Å². The predicted octanol–water partition coefficient (Wildman–Crippen LogP) is 2.21. The van der Waals surface area contributed by atoms with Gasteiger partial charge >= 0.3 is 11.9 Å². The molecule has 1 saturated heterocycles. The number of hydrogen-bond acceptors (Lipinski definition) is 5. The van der Waals surface area contributed by atoms with Gasteiger partial charge < -0.3 is 15.0 Å². The van der Waals surface area contributed by atoms with Gasteiger partial charge in [-0.2, -0.15) is 13.2 Å². The molecule has 0 saturated carbocycles. The second-order valence-electron chi connectivity index (χ2n) is 8.36. The van der Waals surface area contributed by atoms with Gasteiger partial charge in [-0.05, 0) is 29.3 Å². The van der Waals surface area contributed by atoms with E-state index in [9.17, 15) is 18.0 Å². The van der Waals surface area contributed by atoms with Crippen molar-refractivity contribution in [3.8, 4) is 5.69 Å². The minimum Gasteiger partial charge on any atom is -0.379 e. The number of pyridine rings is 1. The van der Waals surface area contributed by atoms with Crippen LogP contribution in [0, 0.1) is 0 Å². The molecule has 1 fully saturated rings. The molecule has 1 aliphatic heterocycles. The fourth-order valence-corrected chi connectivity index (χ4v) is 4.24. The molecule has 0 bridgehead atoms. The van der Waals surface area contributed by atoms with Gasteiger partial charge in [0.25, 0.3) is 0 Å². The Morgan fingerprint density at radius 1 is 1.21 bits per heavy atom. The molecule has 1 aliphatic rings. The molecule has 0 unspecified atom stereocenters. The molecule has 0 spiro atoms. The number of ether oxygens (including phenoxy) is 1. The van der Waals surface area contributed by atoms with Crippen molar-refractivity contribution in [3.63, 3.8) is 0 Å². The standard InChI is InChI=1S/C22H21F3N6O2/c1-29-13-27-28-19(29)7-21(11-33-12-21)15-3-2-4-16(6-15)30-10-18-17(22(23,24)25)5-14(8-26)9-31(18)20(30)32/h2-6,9-10,13H,7-8,11-12,26H2,1H3. The van der Waals surface area contributed by atoms with Crippen molar-refractivity contribution >= 4 is 5.52 Å². The summed E-state index contributed by atoms with van der Waals surface area (Å²) in [5, 5.41) is 8.09. The maximum Gasteiger partial charge on any atom is 0.418 e. The highest BCUT2D eigenvalue weighted by Gasteiger charge is 2.42. The number of aryl methyl sites for hydroxylation is 1. The number of fused-ring (bicyclic) bond motifs is 1. The molecule has 0 atom stereocenters. The highest BCUT2D eigenvalue weighted by Crippen LogP contribution is 2.37. The summed E-state index contributed by atoms with van der Waals surface area (Å²) in [7, 11) is 1.86. The molecule has 4 aromatic rings. The van der Waals surface area contributed by atoms with Crippen molar-refractivity contribution in [2.24, 2.45) is 12.8 Å². The van der Waals surface area contributed by atoms with Gasteiger partial charge in [0.2, 0.25) is 0 Å². The van der Waals surface area contributed by atoms with Crippen LogP contribution in [0.1, 0.15) is 22.5 Å². The van der Waals surface area contributed by atoms with E-state index in [2.05, 4.69) is 10.2 Å². The normalized spacial score (nSPS) is 15.7. The first-order valence-electron chi connectivity index (χ1n) is 10.3. The summed E-state index contributed by atoms with van der Waals surface area (Å²) in [6.45, 7) is 0.818.